The van der Waals surface area contributed by atoms with Crippen LogP contribution in [0.2, 0.25) is 0 Å². The van der Waals surface area contributed by atoms with Crippen LogP contribution in [0.25, 0.3) is 0 Å². The molecule has 0 aromatic heterocycles. The Morgan fingerprint density at radius 1 is 0.909 bits per heavy atom. The SMILES string of the molecule is Cl.N[C@H]1C[C@@H]1c1ccc(NC(=O)[C@H](Cc2ccccc2)NC(=O)OCc2ccccc2)cc1. The molecule has 1 saturated carbocycles. The van der Waals surface area contributed by atoms with E-state index in [0.29, 0.717) is 18.0 Å². The van der Waals surface area contributed by atoms with Crippen LogP contribution in [0.1, 0.15) is 29.0 Å². The van der Waals surface area contributed by atoms with Gasteiger partial charge in [-0.15, -0.1) is 12.4 Å². The highest BCUT2D eigenvalue weighted by molar-refractivity contribution is 5.96. The molecule has 4 rings (SSSR count). The predicted molar refractivity (Wildman–Crippen MR) is 131 cm³/mol. The first-order valence-electron chi connectivity index (χ1n) is 10.8. The molecule has 0 unspecified atom stereocenters. The van der Waals surface area contributed by atoms with E-state index < -0.39 is 12.1 Å². The van der Waals surface area contributed by atoms with E-state index in [2.05, 4.69) is 10.6 Å². The maximum absolute atomic E-state index is 13.0. The fraction of sp³-hybridized carbons (Fsp3) is 0.231. The largest absolute Gasteiger partial charge is 0.445 e. The van der Waals surface area contributed by atoms with E-state index in [1.165, 1.54) is 5.56 Å². The Morgan fingerprint density at radius 3 is 2.06 bits per heavy atom. The van der Waals surface area contributed by atoms with Gasteiger partial charge in [0.25, 0.3) is 0 Å². The van der Waals surface area contributed by atoms with Crippen molar-refractivity contribution >= 4 is 30.1 Å². The molecule has 0 heterocycles. The van der Waals surface area contributed by atoms with Gasteiger partial charge in [0, 0.05) is 24.1 Å². The molecule has 0 radical (unpaired) electrons. The molecule has 7 heteroatoms. The average molecular weight is 466 g/mol. The van der Waals surface area contributed by atoms with Gasteiger partial charge in [-0.3, -0.25) is 4.79 Å². The van der Waals surface area contributed by atoms with Crippen molar-refractivity contribution < 1.29 is 14.3 Å². The van der Waals surface area contributed by atoms with Gasteiger partial charge in [-0.25, -0.2) is 4.79 Å². The molecule has 6 nitrogen and oxygen atoms in total. The smallest absolute Gasteiger partial charge is 0.408 e. The van der Waals surface area contributed by atoms with Crippen molar-refractivity contribution in [2.75, 3.05) is 5.32 Å². The number of halogens is 1. The number of anilines is 1. The maximum atomic E-state index is 13.0. The second-order valence-corrected chi connectivity index (χ2v) is 8.07. The number of carbonyl (C=O) groups is 2. The van der Waals surface area contributed by atoms with E-state index in [1.54, 1.807) is 0 Å². The minimum Gasteiger partial charge on any atom is -0.445 e. The Labute approximate surface area is 199 Å². The Balaban J connectivity index is 0.00000306. The van der Waals surface area contributed by atoms with Gasteiger partial charge in [-0.05, 0) is 35.2 Å². The van der Waals surface area contributed by atoms with Gasteiger partial charge in [-0.1, -0.05) is 72.8 Å². The Kier molecular flexibility index (Phi) is 8.46. The predicted octanol–water partition coefficient (Wildman–Crippen LogP) is 4.40. The van der Waals surface area contributed by atoms with Crippen LogP contribution < -0.4 is 16.4 Å². The highest BCUT2D eigenvalue weighted by atomic mass is 35.5. The lowest BCUT2D eigenvalue weighted by molar-refractivity contribution is -0.118. The molecule has 0 saturated heterocycles. The molecule has 0 bridgehead atoms. The van der Waals surface area contributed by atoms with Crippen LogP contribution in [0.5, 0.6) is 0 Å². The van der Waals surface area contributed by atoms with Crippen LogP contribution in [0.3, 0.4) is 0 Å². The number of rotatable bonds is 8. The second-order valence-electron chi connectivity index (χ2n) is 8.07. The van der Waals surface area contributed by atoms with E-state index in [4.69, 9.17) is 10.5 Å². The number of hydrogen-bond donors (Lipinski definition) is 3. The van der Waals surface area contributed by atoms with Crippen LogP contribution in [-0.2, 0) is 22.6 Å². The van der Waals surface area contributed by atoms with Crippen molar-refractivity contribution in [1.29, 1.82) is 0 Å². The van der Waals surface area contributed by atoms with E-state index in [9.17, 15) is 9.59 Å². The van der Waals surface area contributed by atoms with Crippen LogP contribution in [-0.4, -0.2) is 24.1 Å². The summed E-state index contributed by atoms with van der Waals surface area (Å²) in [4.78, 5) is 25.4. The lowest BCUT2D eigenvalue weighted by atomic mass is 10.1. The van der Waals surface area contributed by atoms with Gasteiger partial charge in [0.05, 0.1) is 0 Å². The number of nitrogens with two attached hydrogens (primary N) is 1. The molecule has 3 aromatic carbocycles. The molecule has 3 atom stereocenters. The average Bonchev–Trinajstić information content (AvgIpc) is 3.55. The summed E-state index contributed by atoms with van der Waals surface area (Å²) in [5.74, 6) is 0.105. The minimum absolute atomic E-state index is 0. The Hall–Kier alpha value is -3.35. The number of alkyl carbamates (subject to hydrolysis) is 1. The normalized spacial score (nSPS) is 17.2. The summed E-state index contributed by atoms with van der Waals surface area (Å²) in [6, 6.07) is 26.1. The zero-order valence-electron chi connectivity index (χ0n) is 18.1. The number of hydrogen-bond acceptors (Lipinski definition) is 4. The molecule has 1 aliphatic carbocycles. The van der Waals surface area contributed by atoms with Crippen LogP contribution in [0.4, 0.5) is 10.5 Å². The van der Waals surface area contributed by atoms with Gasteiger partial charge >= 0.3 is 6.09 Å². The number of benzene rings is 3. The zero-order chi connectivity index (χ0) is 22.3. The molecule has 1 fully saturated rings. The first-order valence-corrected chi connectivity index (χ1v) is 10.8. The highest BCUT2D eigenvalue weighted by Crippen LogP contribution is 2.39. The highest BCUT2D eigenvalue weighted by Gasteiger charge is 2.34. The van der Waals surface area contributed by atoms with E-state index in [1.807, 2.05) is 84.9 Å². The quantitative estimate of drug-likeness (QED) is 0.459. The van der Waals surface area contributed by atoms with E-state index in [-0.39, 0.29) is 31.0 Å². The molecule has 33 heavy (non-hydrogen) atoms. The summed E-state index contributed by atoms with van der Waals surface area (Å²) in [7, 11) is 0. The van der Waals surface area contributed by atoms with E-state index >= 15 is 0 Å². The number of amides is 2. The summed E-state index contributed by atoms with van der Waals surface area (Å²) < 4.78 is 5.31. The molecule has 0 spiro atoms. The number of carbonyl (C=O) groups excluding carboxylic acids is 2. The summed E-state index contributed by atoms with van der Waals surface area (Å²) >= 11 is 0. The fourth-order valence-corrected chi connectivity index (χ4v) is 3.61. The van der Waals surface area contributed by atoms with Gasteiger partial charge in [0.1, 0.15) is 12.6 Å². The summed E-state index contributed by atoms with van der Waals surface area (Å²) in [6.45, 7) is 0.136. The van der Waals surface area contributed by atoms with Crippen molar-refractivity contribution in [3.63, 3.8) is 0 Å². The molecule has 0 aliphatic heterocycles. The molecule has 4 N–H and O–H groups in total. The Bertz CT molecular complexity index is 1050. The van der Waals surface area contributed by atoms with Crippen LogP contribution >= 0.6 is 12.4 Å². The lowest BCUT2D eigenvalue weighted by Gasteiger charge is -2.19. The van der Waals surface area contributed by atoms with Gasteiger partial charge in [-0.2, -0.15) is 0 Å². The number of ether oxygens (including phenoxy) is 1. The summed E-state index contributed by atoms with van der Waals surface area (Å²) in [6.07, 6.45) is 0.713. The first-order chi connectivity index (χ1) is 15.6. The van der Waals surface area contributed by atoms with Crippen LogP contribution in [0.15, 0.2) is 84.9 Å². The molecule has 1 aliphatic rings. The van der Waals surface area contributed by atoms with Crippen molar-refractivity contribution in [3.05, 3.63) is 102 Å². The minimum atomic E-state index is -0.780. The van der Waals surface area contributed by atoms with Crippen molar-refractivity contribution in [3.8, 4) is 0 Å². The van der Waals surface area contributed by atoms with Crippen molar-refractivity contribution in [1.82, 2.24) is 5.32 Å². The molecule has 2 amide bonds. The summed E-state index contributed by atoms with van der Waals surface area (Å²) in [5.41, 5.74) is 9.58. The third-order valence-corrected chi connectivity index (χ3v) is 5.55. The third kappa shape index (κ3) is 7.07. The molecule has 172 valence electrons. The fourth-order valence-electron chi connectivity index (χ4n) is 3.61. The van der Waals surface area contributed by atoms with Gasteiger partial charge < -0.3 is 21.1 Å². The van der Waals surface area contributed by atoms with Gasteiger partial charge in [0.2, 0.25) is 5.91 Å². The topological polar surface area (TPSA) is 93.5 Å². The standard InChI is InChI=1S/C26H27N3O3.ClH/c27-23-16-22(23)20-11-13-21(14-12-20)28-25(30)24(15-18-7-3-1-4-8-18)29-26(31)32-17-19-9-5-2-6-10-19;/h1-14,22-24H,15-17,27H2,(H,28,30)(H,29,31);1H/t22-,23+,24+;/m1./s1. The second kappa shape index (κ2) is 11.5. The van der Waals surface area contributed by atoms with Gasteiger partial charge in [0.15, 0.2) is 0 Å². The van der Waals surface area contributed by atoms with Crippen LogP contribution in [0, 0.1) is 0 Å². The molecule has 3 aromatic rings. The lowest BCUT2D eigenvalue weighted by Crippen LogP contribution is -2.45. The Morgan fingerprint density at radius 2 is 1.48 bits per heavy atom. The molecular weight excluding hydrogens is 438 g/mol. The number of nitrogens with one attached hydrogen (secondary N) is 2. The molecular formula is C26H28ClN3O3. The zero-order valence-corrected chi connectivity index (χ0v) is 19.0. The van der Waals surface area contributed by atoms with Crippen molar-refractivity contribution in [2.24, 2.45) is 5.73 Å². The maximum Gasteiger partial charge on any atom is 0.408 e. The first kappa shape index (κ1) is 24.3. The van der Waals surface area contributed by atoms with Crippen molar-refractivity contribution in [2.45, 2.75) is 37.5 Å². The van der Waals surface area contributed by atoms with E-state index in [0.717, 1.165) is 17.5 Å². The monoisotopic (exact) mass is 465 g/mol. The third-order valence-electron chi connectivity index (χ3n) is 5.55. The summed E-state index contributed by atoms with van der Waals surface area (Å²) in [5, 5.41) is 5.61.